The molecule has 2 aromatic carbocycles. The molecule has 1 aliphatic rings. The lowest BCUT2D eigenvalue weighted by Gasteiger charge is -2.23. The first-order valence-electron chi connectivity index (χ1n) is 8.33. The number of hydrogen-bond donors (Lipinski definition) is 1. The average Bonchev–Trinajstić information content (AvgIpc) is 3.20. The molecule has 1 atom stereocenters. The first kappa shape index (κ1) is 16.5. The van der Waals surface area contributed by atoms with Gasteiger partial charge in [0.05, 0.1) is 28.9 Å². The molecule has 26 heavy (non-hydrogen) atoms. The zero-order chi connectivity index (χ0) is 17.9. The van der Waals surface area contributed by atoms with E-state index in [1.165, 1.54) is 28.1 Å². The van der Waals surface area contributed by atoms with Gasteiger partial charge in [0.15, 0.2) is 0 Å². The highest BCUT2D eigenvalue weighted by molar-refractivity contribution is 8.02. The van der Waals surface area contributed by atoms with Gasteiger partial charge in [0.1, 0.15) is 5.76 Å². The summed E-state index contributed by atoms with van der Waals surface area (Å²) >= 11 is 1.49. The molecule has 3 aromatic rings. The van der Waals surface area contributed by atoms with Crippen LogP contribution in [-0.4, -0.2) is 5.91 Å². The Labute approximate surface area is 155 Å². The van der Waals surface area contributed by atoms with Gasteiger partial charge in [-0.15, -0.1) is 11.8 Å². The number of carbonyl (C=O) groups excluding carboxylic acids is 1. The van der Waals surface area contributed by atoms with E-state index in [9.17, 15) is 10.1 Å². The van der Waals surface area contributed by atoms with E-state index in [-0.39, 0.29) is 18.2 Å². The van der Waals surface area contributed by atoms with Gasteiger partial charge in [-0.3, -0.25) is 4.79 Å². The van der Waals surface area contributed by atoms with Crippen molar-refractivity contribution in [2.75, 3.05) is 0 Å². The van der Waals surface area contributed by atoms with Gasteiger partial charge in [-0.2, -0.15) is 5.26 Å². The average molecular weight is 360 g/mol. The number of thioether (sulfide) groups is 1. The van der Waals surface area contributed by atoms with E-state index < -0.39 is 0 Å². The number of hydrogen-bond acceptors (Lipinski definition) is 4. The summed E-state index contributed by atoms with van der Waals surface area (Å²) in [5.74, 6) is 0.914. The molecule has 0 bridgehead atoms. The van der Waals surface area contributed by atoms with Gasteiger partial charge >= 0.3 is 0 Å². The maximum Gasteiger partial charge on any atom is 0.225 e. The maximum absolute atomic E-state index is 12.2. The number of fused-ring (bicyclic) bond motifs is 1. The minimum Gasteiger partial charge on any atom is -0.469 e. The van der Waals surface area contributed by atoms with Crippen molar-refractivity contribution in [2.24, 2.45) is 0 Å². The van der Waals surface area contributed by atoms with Crippen molar-refractivity contribution >= 4 is 28.4 Å². The van der Waals surface area contributed by atoms with Gasteiger partial charge < -0.3 is 9.73 Å². The van der Waals surface area contributed by atoms with Crippen molar-refractivity contribution < 1.29 is 9.21 Å². The summed E-state index contributed by atoms with van der Waals surface area (Å²) in [6.45, 7) is 0. The highest BCUT2D eigenvalue weighted by Crippen LogP contribution is 2.37. The van der Waals surface area contributed by atoms with Gasteiger partial charge in [0, 0.05) is 12.2 Å². The number of furan rings is 1. The minimum atomic E-state index is -0.321. The topological polar surface area (TPSA) is 66.0 Å². The van der Waals surface area contributed by atoms with Crippen molar-refractivity contribution in [2.45, 2.75) is 18.1 Å². The second-order valence-corrected chi connectivity index (χ2v) is 7.09. The predicted octanol–water partition coefficient (Wildman–Crippen LogP) is 4.70. The summed E-state index contributed by atoms with van der Waals surface area (Å²) in [5.41, 5.74) is 1.73. The second-order valence-electron chi connectivity index (χ2n) is 6.10. The summed E-state index contributed by atoms with van der Waals surface area (Å²) in [6.07, 6.45) is 1.80. The molecule has 128 valence electrons. The summed E-state index contributed by atoms with van der Waals surface area (Å²) in [4.78, 5) is 12.2. The van der Waals surface area contributed by atoms with Crippen LogP contribution in [0.5, 0.6) is 0 Å². The Kier molecular flexibility index (Phi) is 4.51. The number of benzene rings is 2. The molecule has 1 aliphatic heterocycles. The fourth-order valence-electron chi connectivity index (χ4n) is 3.23. The van der Waals surface area contributed by atoms with Gasteiger partial charge in [0.2, 0.25) is 5.91 Å². The highest BCUT2D eigenvalue weighted by atomic mass is 32.2. The van der Waals surface area contributed by atoms with Crippen LogP contribution in [0.25, 0.3) is 10.8 Å². The number of rotatable bonds is 4. The third-order valence-electron chi connectivity index (χ3n) is 4.49. The van der Waals surface area contributed by atoms with Gasteiger partial charge in [-0.1, -0.05) is 42.5 Å². The lowest BCUT2D eigenvalue weighted by molar-refractivity contribution is -0.120. The van der Waals surface area contributed by atoms with Crippen LogP contribution in [0.3, 0.4) is 0 Å². The SMILES string of the molecule is N#CC1=C(SCc2cccc3ccccc23)NC(=O)C[C@H]1c1ccco1. The van der Waals surface area contributed by atoms with E-state index in [1.807, 2.05) is 24.3 Å². The number of nitrogens with one attached hydrogen (secondary N) is 1. The van der Waals surface area contributed by atoms with Gasteiger partial charge in [-0.25, -0.2) is 0 Å². The van der Waals surface area contributed by atoms with Crippen LogP contribution in [-0.2, 0) is 10.5 Å². The Morgan fingerprint density at radius 2 is 2.00 bits per heavy atom. The minimum absolute atomic E-state index is 0.0918. The van der Waals surface area contributed by atoms with Crippen molar-refractivity contribution in [3.05, 3.63) is 82.8 Å². The lowest BCUT2D eigenvalue weighted by Crippen LogP contribution is -2.30. The second kappa shape index (κ2) is 7.11. The maximum atomic E-state index is 12.2. The number of carbonyl (C=O) groups is 1. The molecule has 5 heteroatoms. The van der Waals surface area contributed by atoms with E-state index in [2.05, 4.69) is 35.7 Å². The van der Waals surface area contributed by atoms with Crippen molar-refractivity contribution in [3.63, 3.8) is 0 Å². The smallest absolute Gasteiger partial charge is 0.225 e. The Bertz CT molecular complexity index is 1030. The first-order valence-corrected chi connectivity index (χ1v) is 9.32. The quantitative estimate of drug-likeness (QED) is 0.732. The number of amides is 1. The van der Waals surface area contributed by atoms with Gasteiger partial charge in [0.25, 0.3) is 0 Å². The molecule has 1 aromatic heterocycles. The molecule has 0 fully saturated rings. The number of allylic oxidation sites excluding steroid dienone is 1. The molecule has 4 rings (SSSR count). The van der Waals surface area contributed by atoms with Crippen molar-refractivity contribution in [3.8, 4) is 6.07 Å². The zero-order valence-electron chi connectivity index (χ0n) is 13.9. The third kappa shape index (κ3) is 3.12. The van der Waals surface area contributed by atoms with E-state index >= 15 is 0 Å². The number of nitriles is 1. The molecule has 0 aliphatic carbocycles. The molecule has 0 spiro atoms. The molecular formula is C21H16N2O2S. The molecule has 0 unspecified atom stereocenters. The van der Waals surface area contributed by atoms with E-state index in [0.717, 1.165) is 0 Å². The van der Waals surface area contributed by atoms with Crippen LogP contribution in [0.2, 0.25) is 0 Å². The largest absolute Gasteiger partial charge is 0.469 e. The molecule has 1 N–H and O–H groups in total. The molecular weight excluding hydrogens is 344 g/mol. The van der Waals surface area contributed by atoms with E-state index in [1.54, 1.807) is 12.3 Å². The van der Waals surface area contributed by atoms with Crippen LogP contribution in [0.4, 0.5) is 0 Å². The zero-order valence-corrected chi connectivity index (χ0v) is 14.8. The molecule has 1 amide bonds. The molecule has 0 saturated carbocycles. The fraction of sp³-hybridized carbons (Fsp3) is 0.143. The standard InChI is InChI=1S/C21H16N2O2S/c22-12-18-17(19-9-4-10-25-19)11-20(24)23-21(18)26-13-15-7-3-6-14-5-1-2-8-16(14)15/h1-10,17H,11,13H2,(H,23,24)/t17-/m1/s1. The van der Waals surface area contributed by atoms with Crippen LogP contribution in [0, 0.1) is 11.3 Å². The normalized spacial score (nSPS) is 17.2. The number of nitrogens with zero attached hydrogens (tertiary/aromatic N) is 1. The Hall–Kier alpha value is -2.97. The predicted molar refractivity (Wildman–Crippen MR) is 102 cm³/mol. The highest BCUT2D eigenvalue weighted by Gasteiger charge is 2.31. The van der Waals surface area contributed by atoms with E-state index in [0.29, 0.717) is 22.1 Å². The Morgan fingerprint density at radius 1 is 1.15 bits per heavy atom. The summed E-state index contributed by atoms with van der Waals surface area (Å²) < 4.78 is 5.45. The molecule has 0 radical (unpaired) electrons. The molecule has 4 nitrogen and oxygen atoms in total. The van der Waals surface area contributed by atoms with Crippen LogP contribution < -0.4 is 5.32 Å². The van der Waals surface area contributed by atoms with E-state index in [4.69, 9.17) is 4.42 Å². The molecule has 0 saturated heterocycles. The third-order valence-corrected chi connectivity index (χ3v) is 5.56. The summed E-state index contributed by atoms with van der Waals surface area (Å²) in [6, 6.07) is 20.3. The fourth-order valence-corrected chi connectivity index (χ4v) is 4.31. The van der Waals surface area contributed by atoms with Gasteiger partial charge in [-0.05, 0) is 28.5 Å². The monoisotopic (exact) mass is 360 g/mol. The van der Waals surface area contributed by atoms with Crippen LogP contribution >= 0.6 is 11.8 Å². The summed E-state index contributed by atoms with van der Waals surface area (Å²) in [7, 11) is 0. The Morgan fingerprint density at radius 3 is 2.81 bits per heavy atom. The van der Waals surface area contributed by atoms with Crippen molar-refractivity contribution in [1.82, 2.24) is 5.32 Å². The Balaban J connectivity index is 1.65. The summed E-state index contributed by atoms with van der Waals surface area (Å²) in [5, 5.41) is 15.5. The first-order chi connectivity index (χ1) is 12.8. The molecule has 2 heterocycles. The lowest BCUT2D eigenvalue weighted by atomic mass is 9.92. The van der Waals surface area contributed by atoms with Crippen LogP contribution in [0.15, 0.2) is 75.9 Å². The van der Waals surface area contributed by atoms with Crippen LogP contribution in [0.1, 0.15) is 23.7 Å². The van der Waals surface area contributed by atoms with Crippen molar-refractivity contribution in [1.29, 1.82) is 5.26 Å².